The van der Waals surface area contributed by atoms with E-state index in [-0.39, 0.29) is 28.9 Å². The number of hydrogen-bond acceptors (Lipinski definition) is 3. The Morgan fingerprint density at radius 2 is 1.60 bits per heavy atom. The summed E-state index contributed by atoms with van der Waals surface area (Å²) in [6.07, 6.45) is 0. The summed E-state index contributed by atoms with van der Waals surface area (Å²) in [6.45, 7) is 5.15. The van der Waals surface area contributed by atoms with E-state index in [1.54, 1.807) is 24.3 Å². The first-order valence-electron chi connectivity index (χ1n) is 7.95. The van der Waals surface area contributed by atoms with Crippen molar-refractivity contribution >= 4 is 29.3 Å². The van der Waals surface area contributed by atoms with E-state index in [0.29, 0.717) is 0 Å². The number of amides is 2. The number of benzene rings is 2. The van der Waals surface area contributed by atoms with Crippen LogP contribution in [0.4, 0.5) is 10.1 Å². The molecule has 2 rings (SSSR count). The van der Waals surface area contributed by atoms with Crippen molar-refractivity contribution in [2.45, 2.75) is 37.0 Å². The minimum absolute atomic E-state index is 0.0900. The van der Waals surface area contributed by atoms with Crippen molar-refractivity contribution in [2.75, 3.05) is 5.32 Å². The molecule has 2 aromatic rings. The van der Waals surface area contributed by atoms with Gasteiger partial charge in [-0.3, -0.25) is 9.59 Å². The fourth-order valence-electron chi connectivity index (χ4n) is 2.24. The normalized spacial score (nSPS) is 13.0. The number of rotatable bonds is 6. The summed E-state index contributed by atoms with van der Waals surface area (Å²) in [4.78, 5) is 24.3. The lowest BCUT2D eigenvalue weighted by molar-refractivity contribution is -0.121. The van der Waals surface area contributed by atoms with E-state index in [9.17, 15) is 14.0 Å². The van der Waals surface area contributed by atoms with Gasteiger partial charge in [0, 0.05) is 17.5 Å². The maximum atomic E-state index is 13.0. The Hall–Kier alpha value is -2.34. The van der Waals surface area contributed by atoms with Gasteiger partial charge >= 0.3 is 0 Å². The largest absolute Gasteiger partial charge is 0.349 e. The predicted octanol–water partition coefficient (Wildman–Crippen LogP) is 4.14. The third-order valence-electron chi connectivity index (χ3n) is 3.59. The van der Waals surface area contributed by atoms with Gasteiger partial charge in [-0.25, -0.2) is 4.39 Å². The van der Waals surface area contributed by atoms with Crippen LogP contribution in [0.1, 0.15) is 32.4 Å². The Morgan fingerprint density at radius 3 is 2.16 bits per heavy atom. The van der Waals surface area contributed by atoms with Gasteiger partial charge in [0.25, 0.3) is 0 Å². The molecule has 0 fully saturated rings. The van der Waals surface area contributed by atoms with Crippen LogP contribution in [0.3, 0.4) is 0 Å². The minimum atomic E-state index is -0.297. The first-order valence-corrected chi connectivity index (χ1v) is 8.83. The highest BCUT2D eigenvalue weighted by atomic mass is 32.2. The fourth-order valence-corrected chi connectivity index (χ4v) is 3.12. The number of nitrogens with one attached hydrogen (secondary N) is 2. The molecular weight excluding hydrogens is 339 g/mol. The van der Waals surface area contributed by atoms with E-state index in [4.69, 9.17) is 0 Å². The Kier molecular flexibility index (Phi) is 6.58. The summed E-state index contributed by atoms with van der Waals surface area (Å²) in [5.74, 6) is -0.510. The molecule has 4 nitrogen and oxygen atoms in total. The van der Waals surface area contributed by atoms with Crippen LogP contribution in [0.25, 0.3) is 0 Å². The minimum Gasteiger partial charge on any atom is -0.349 e. The molecule has 2 atom stereocenters. The Balaban J connectivity index is 1.91. The molecule has 0 bridgehead atoms. The first kappa shape index (κ1) is 19.0. The van der Waals surface area contributed by atoms with Gasteiger partial charge < -0.3 is 10.6 Å². The second kappa shape index (κ2) is 8.67. The molecule has 0 aliphatic heterocycles. The molecule has 0 spiro atoms. The van der Waals surface area contributed by atoms with Crippen LogP contribution in [0, 0.1) is 5.82 Å². The highest BCUT2D eigenvalue weighted by Crippen LogP contribution is 2.25. The van der Waals surface area contributed by atoms with E-state index in [0.717, 1.165) is 16.1 Å². The van der Waals surface area contributed by atoms with Gasteiger partial charge in [-0.1, -0.05) is 12.1 Å². The smallest absolute Gasteiger partial charge is 0.233 e. The summed E-state index contributed by atoms with van der Waals surface area (Å²) in [5.41, 5.74) is 1.57. The van der Waals surface area contributed by atoms with Crippen molar-refractivity contribution < 1.29 is 14.0 Å². The van der Waals surface area contributed by atoms with E-state index in [2.05, 4.69) is 10.6 Å². The van der Waals surface area contributed by atoms with Gasteiger partial charge in [0.2, 0.25) is 11.8 Å². The van der Waals surface area contributed by atoms with E-state index < -0.39 is 0 Å². The number of halogens is 1. The lowest BCUT2D eigenvalue weighted by Gasteiger charge is -2.18. The van der Waals surface area contributed by atoms with Crippen LogP contribution in [0.2, 0.25) is 0 Å². The van der Waals surface area contributed by atoms with Crippen LogP contribution < -0.4 is 10.6 Å². The predicted molar refractivity (Wildman–Crippen MR) is 99.0 cm³/mol. The molecule has 0 saturated heterocycles. The highest BCUT2D eigenvalue weighted by molar-refractivity contribution is 8.00. The van der Waals surface area contributed by atoms with Gasteiger partial charge in [-0.15, -0.1) is 11.8 Å². The second-order valence-corrected chi connectivity index (χ2v) is 7.16. The maximum Gasteiger partial charge on any atom is 0.233 e. The van der Waals surface area contributed by atoms with Gasteiger partial charge in [-0.05, 0) is 55.8 Å². The molecular formula is C19H21FN2O2S. The van der Waals surface area contributed by atoms with Crippen molar-refractivity contribution in [1.82, 2.24) is 5.32 Å². The zero-order chi connectivity index (χ0) is 18.4. The van der Waals surface area contributed by atoms with Crippen molar-refractivity contribution in [3.8, 4) is 0 Å². The monoisotopic (exact) mass is 360 g/mol. The molecule has 0 aliphatic rings. The molecule has 0 heterocycles. The standard InChI is InChI=1S/C19H21FN2O2S/c1-12(15-4-6-16(20)7-5-15)21-19(24)13(2)25-18-10-8-17(9-11-18)22-14(3)23/h4-13H,1-3H3,(H,21,24)(H,22,23)/t12-,13+/m0/s1. The average Bonchev–Trinajstić information content (AvgIpc) is 2.56. The van der Waals surface area contributed by atoms with Gasteiger partial charge in [0.05, 0.1) is 11.3 Å². The fraction of sp³-hybridized carbons (Fsp3) is 0.263. The number of carbonyl (C=O) groups is 2. The Labute approximate surface area is 151 Å². The SMILES string of the molecule is CC(=O)Nc1ccc(S[C@H](C)C(=O)N[C@@H](C)c2ccc(F)cc2)cc1. The first-order chi connectivity index (χ1) is 11.8. The third-order valence-corrected chi connectivity index (χ3v) is 4.70. The molecule has 0 saturated carbocycles. The number of carbonyl (C=O) groups excluding carboxylic acids is 2. The molecule has 2 aromatic carbocycles. The molecule has 2 N–H and O–H groups in total. The highest BCUT2D eigenvalue weighted by Gasteiger charge is 2.17. The van der Waals surface area contributed by atoms with Crippen LogP contribution in [-0.4, -0.2) is 17.1 Å². The molecule has 0 radical (unpaired) electrons. The quantitative estimate of drug-likeness (QED) is 0.761. The molecule has 0 unspecified atom stereocenters. The Morgan fingerprint density at radius 1 is 1.00 bits per heavy atom. The zero-order valence-corrected chi connectivity index (χ0v) is 15.2. The lowest BCUT2D eigenvalue weighted by Crippen LogP contribution is -2.33. The summed E-state index contributed by atoms with van der Waals surface area (Å²) < 4.78 is 13.0. The third kappa shape index (κ3) is 5.90. The van der Waals surface area contributed by atoms with Gasteiger partial charge in [0.1, 0.15) is 5.82 Å². The van der Waals surface area contributed by atoms with Gasteiger partial charge in [0.15, 0.2) is 0 Å². The van der Waals surface area contributed by atoms with Crippen LogP contribution in [-0.2, 0) is 9.59 Å². The summed E-state index contributed by atoms with van der Waals surface area (Å²) in [5, 5.41) is 5.35. The van der Waals surface area contributed by atoms with Crippen molar-refractivity contribution in [2.24, 2.45) is 0 Å². The lowest BCUT2D eigenvalue weighted by atomic mass is 10.1. The molecule has 6 heteroatoms. The maximum absolute atomic E-state index is 13.0. The van der Waals surface area contributed by atoms with E-state index >= 15 is 0 Å². The molecule has 0 aliphatic carbocycles. The van der Waals surface area contributed by atoms with Gasteiger partial charge in [-0.2, -0.15) is 0 Å². The van der Waals surface area contributed by atoms with Crippen LogP contribution >= 0.6 is 11.8 Å². The summed E-state index contributed by atoms with van der Waals surface area (Å²) in [6, 6.07) is 13.2. The number of thioether (sulfide) groups is 1. The molecule has 2 amide bonds. The zero-order valence-electron chi connectivity index (χ0n) is 14.4. The Bertz CT molecular complexity index is 732. The summed E-state index contributed by atoms with van der Waals surface area (Å²) in [7, 11) is 0. The van der Waals surface area contributed by atoms with Crippen molar-refractivity contribution in [3.05, 3.63) is 59.9 Å². The number of anilines is 1. The summed E-state index contributed by atoms with van der Waals surface area (Å²) >= 11 is 1.43. The second-order valence-electron chi connectivity index (χ2n) is 5.75. The van der Waals surface area contributed by atoms with Crippen molar-refractivity contribution in [3.63, 3.8) is 0 Å². The van der Waals surface area contributed by atoms with Crippen LogP contribution in [0.15, 0.2) is 53.4 Å². The van der Waals surface area contributed by atoms with Crippen molar-refractivity contribution in [1.29, 1.82) is 0 Å². The van der Waals surface area contributed by atoms with E-state index in [1.807, 2.05) is 26.0 Å². The average molecular weight is 360 g/mol. The number of hydrogen-bond donors (Lipinski definition) is 2. The molecule has 25 heavy (non-hydrogen) atoms. The molecule has 0 aromatic heterocycles. The van der Waals surface area contributed by atoms with E-state index in [1.165, 1.54) is 30.8 Å². The van der Waals surface area contributed by atoms with Crippen LogP contribution in [0.5, 0.6) is 0 Å². The molecule has 132 valence electrons. The topological polar surface area (TPSA) is 58.2 Å².